The Morgan fingerprint density at radius 1 is 0.760 bits per heavy atom. The molecule has 0 atom stereocenters. The van der Waals surface area contributed by atoms with E-state index < -0.39 is 25.7 Å². The van der Waals surface area contributed by atoms with Crippen molar-refractivity contribution in [1.82, 2.24) is 0 Å². The molecule has 0 fully saturated rings. The molecular formula is C18H28O4Si3. The average Bonchev–Trinajstić information content (AvgIpc) is 2.53. The first-order chi connectivity index (χ1) is 11.7. The van der Waals surface area contributed by atoms with E-state index in [1.807, 2.05) is 56.4 Å². The molecule has 0 amide bonds. The highest BCUT2D eigenvalue weighted by molar-refractivity contribution is 6.98. The lowest BCUT2D eigenvalue weighted by molar-refractivity contribution is 0.246. The van der Waals surface area contributed by atoms with Crippen LogP contribution in [0.3, 0.4) is 0 Å². The van der Waals surface area contributed by atoms with Crippen molar-refractivity contribution < 1.29 is 17.5 Å². The second kappa shape index (κ2) is 8.09. The van der Waals surface area contributed by atoms with E-state index >= 15 is 0 Å². The van der Waals surface area contributed by atoms with Crippen molar-refractivity contribution in [2.24, 2.45) is 0 Å². The summed E-state index contributed by atoms with van der Waals surface area (Å²) in [6.07, 6.45) is 0. The fourth-order valence-electron chi connectivity index (χ4n) is 2.97. The summed E-state index contributed by atoms with van der Waals surface area (Å²) in [7, 11) is -8.28. The lowest BCUT2D eigenvalue weighted by Gasteiger charge is -2.39. The first kappa shape index (κ1) is 20.2. The fourth-order valence-corrected chi connectivity index (χ4v) is 14.6. The maximum absolute atomic E-state index is 10.3. The van der Waals surface area contributed by atoms with Crippen LogP contribution in [-0.2, 0) is 12.7 Å². The molecule has 0 unspecified atom stereocenters. The molecule has 0 bridgehead atoms. The number of hydrogen-bond acceptors (Lipinski definition) is 4. The minimum absolute atomic E-state index is 0.542. The van der Waals surface area contributed by atoms with Gasteiger partial charge in [-0.25, -0.2) is 0 Å². The summed E-state index contributed by atoms with van der Waals surface area (Å²) < 4.78 is 19.1. The summed E-state index contributed by atoms with van der Waals surface area (Å²) in [5.41, 5.74) is 0. The molecule has 0 saturated heterocycles. The minimum Gasteiger partial charge on any atom is -0.415 e. The van der Waals surface area contributed by atoms with Gasteiger partial charge in [0.1, 0.15) is 0 Å². The second-order valence-electron chi connectivity index (χ2n) is 6.83. The van der Waals surface area contributed by atoms with Gasteiger partial charge in [0.15, 0.2) is 0 Å². The van der Waals surface area contributed by atoms with Crippen LogP contribution in [0, 0.1) is 0 Å². The van der Waals surface area contributed by atoms with E-state index in [2.05, 4.69) is 24.3 Å². The SMILES string of the molecule is CCO[Si](O[Si](C)(C)O[Si](C)(C)O)(c1ccccc1)c1ccccc1. The van der Waals surface area contributed by atoms with Gasteiger partial charge >= 0.3 is 25.7 Å². The molecule has 0 aliphatic rings. The van der Waals surface area contributed by atoms with Crippen LogP contribution in [0.25, 0.3) is 0 Å². The maximum Gasteiger partial charge on any atom is 0.398 e. The van der Waals surface area contributed by atoms with Crippen molar-refractivity contribution in [3.63, 3.8) is 0 Å². The van der Waals surface area contributed by atoms with Crippen LogP contribution in [0.15, 0.2) is 60.7 Å². The Bertz CT molecular complexity index is 618. The predicted molar refractivity (Wildman–Crippen MR) is 109 cm³/mol. The standard InChI is InChI=1S/C18H28O4Si3/c1-6-20-25(17-13-9-7-10-14-17,18-15-11-8-12-16-18)22-24(4,5)21-23(2,3)19/h7-16,19H,6H2,1-5H3. The van der Waals surface area contributed by atoms with Gasteiger partial charge in [0, 0.05) is 6.61 Å². The highest BCUT2D eigenvalue weighted by Gasteiger charge is 2.49. The van der Waals surface area contributed by atoms with Crippen LogP contribution in [0.5, 0.6) is 0 Å². The molecule has 0 spiro atoms. The van der Waals surface area contributed by atoms with Gasteiger partial charge in [-0.05, 0) is 43.5 Å². The van der Waals surface area contributed by atoms with E-state index in [1.54, 1.807) is 13.1 Å². The van der Waals surface area contributed by atoms with Crippen LogP contribution in [0.1, 0.15) is 6.92 Å². The average molecular weight is 393 g/mol. The number of rotatable bonds is 8. The molecule has 25 heavy (non-hydrogen) atoms. The Balaban J connectivity index is 2.55. The molecule has 0 aromatic heterocycles. The summed E-state index contributed by atoms with van der Waals surface area (Å²) in [6.45, 7) is 10.0. The van der Waals surface area contributed by atoms with Gasteiger partial charge in [-0.1, -0.05) is 60.7 Å². The van der Waals surface area contributed by atoms with E-state index in [0.29, 0.717) is 6.61 Å². The minimum atomic E-state index is -2.94. The topological polar surface area (TPSA) is 47.9 Å². The van der Waals surface area contributed by atoms with Crippen molar-refractivity contribution in [1.29, 1.82) is 0 Å². The third-order valence-corrected chi connectivity index (χ3v) is 13.5. The van der Waals surface area contributed by atoms with Gasteiger partial charge in [0.25, 0.3) is 0 Å². The Morgan fingerprint density at radius 2 is 1.20 bits per heavy atom. The predicted octanol–water partition coefficient (Wildman–Crippen LogP) is 2.71. The summed E-state index contributed by atoms with van der Waals surface area (Å²) in [6, 6.07) is 20.2. The molecule has 4 nitrogen and oxygen atoms in total. The Labute approximate surface area is 154 Å². The van der Waals surface area contributed by atoms with Gasteiger partial charge in [0.05, 0.1) is 0 Å². The largest absolute Gasteiger partial charge is 0.415 e. The quantitative estimate of drug-likeness (QED) is 0.702. The zero-order valence-corrected chi connectivity index (χ0v) is 18.7. The molecule has 0 radical (unpaired) electrons. The van der Waals surface area contributed by atoms with Crippen LogP contribution in [-0.4, -0.2) is 37.1 Å². The fraction of sp³-hybridized carbons (Fsp3) is 0.333. The molecule has 136 valence electrons. The third kappa shape index (κ3) is 5.45. The molecular weight excluding hydrogens is 364 g/mol. The highest BCUT2D eigenvalue weighted by Crippen LogP contribution is 2.21. The second-order valence-corrected chi connectivity index (χ2v) is 16.8. The van der Waals surface area contributed by atoms with Crippen LogP contribution >= 0.6 is 0 Å². The highest BCUT2D eigenvalue weighted by atomic mass is 28.5. The zero-order valence-electron chi connectivity index (χ0n) is 15.7. The monoisotopic (exact) mass is 392 g/mol. The summed E-state index contributed by atoms with van der Waals surface area (Å²) >= 11 is 0. The molecule has 0 heterocycles. The molecule has 1 N–H and O–H groups in total. The molecule has 2 rings (SSSR count). The van der Waals surface area contributed by atoms with Crippen molar-refractivity contribution in [2.75, 3.05) is 6.61 Å². The lowest BCUT2D eigenvalue weighted by atomic mass is 10.4. The zero-order chi connectivity index (χ0) is 18.6. The van der Waals surface area contributed by atoms with E-state index in [4.69, 9.17) is 12.7 Å². The van der Waals surface area contributed by atoms with Crippen molar-refractivity contribution in [3.8, 4) is 0 Å². The van der Waals surface area contributed by atoms with Gasteiger partial charge in [-0.3, -0.25) is 0 Å². The maximum atomic E-state index is 10.3. The number of benzene rings is 2. The summed E-state index contributed by atoms with van der Waals surface area (Å²) in [5, 5.41) is 2.09. The van der Waals surface area contributed by atoms with Crippen molar-refractivity contribution >= 4 is 36.1 Å². The van der Waals surface area contributed by atoms with Gasteiger partial charge in [-0.15, -0.1) is 0 Å². The Morgan fingerprint density at radius 3 is 1.56 bits per heavy atom. The van der Waals surface area contributed by atoms with E-state index in [0.717, 1.165) is 10.4 Å². The van der Waals surface area contributed by atoms with Crippen molar-refractivity contribution in [2.45, 2.75) is 33.1 Å². The molecule has 2 aromatic rings. The van der Waals surface area contributed by atoms with E-state index in [-0.39, 0.29) is 0 Å². The van der Waals surface area contributed by atoms with Crippen molar-refractivity contribution in [3.05, 3.63) is 60.7 Å². The van der Waals surface area contributed by atoms with Crippen LogP contribution in [0.2, 0.25) is 26.2 Å². The molecule has 0 aliphatic carbocycles. The molecule has 7 heteroatoms. The van der Waals surface area contributed by atoms with E-state index in [1.165, 1.54) is 0 Å². The normalized spacial score (nSPS) is 13.0. The van der Waals surface area contributed by atoms with Gasteiger partial charge in [0.2, 0.25) is 0 Å². The smallest absolute Gasteiger partial charge is 0.398 e. The first-order valence-electron chi connectivity index (χ1n) is 8.56. The first-order valence-corrected chi connectivity index (χ1v) is 16.0. The van der Waals surface area contributed by atoms with Crippen LogP contribution < -0.4 is 10.4 Å². The summed E-state index contributed by atoms with van der Waals surface area (Å²) in [4.78, 5) is 10.3. The third-order valence-electron chi connectivity index (χ3n) is 3.54. The Kier molecular flexibility index (Phi) is 6.55. The molecule has 0 saturated carbocycles. The molecule has 0 aliphatic heterocycles. The lowest BCUT2D eigenvalue weighted by Crippen LogP contribution is -2.68. The Hall–Kier alpha value is -1.07. The van der Waals surface area contributed by atoms with Crippen LogP contribution in [0.4, 0.5) is 0 Å². The van der Waals surface area contributed by atoms with Gasteiger partial charge in [-0.2, -0.15) is 0 Å². The molecule has 2 aromatic carbocycles. The van der Waals surface area contributed by atoms with Gasteiger partial charge < -0.3 is 17.5 Å². The summed E-state index contributed by atoms with van der Waals surface area (Å²) in [5.74, 6) is 0. The number of hydrogen-bond donors (Lipinski definition) is 1. The van der Waals surface area contributed by atoms with E-state index in [9.17, 15) is 4.80 Å².